The molecule has 3 aromatic rings. The van der Waals surface area contributed by atoms with E-state index in [-0.39, 0.29) is 6.04 Å². The third kappa shape index (κ3) is 4.03. The summed E-state index contributed by atoms with van der Waals surface area (Å²) >= 11 is 11.6. The summed E-state index contributed by atoms with van der Waals surface area (Å²) in [4.78, 5) is 6.69. The molecule has 0 spiro atoms. The van der Waals surface area contributed by atoms with Gasteiger partial charge in [-0.1, -0.05) is 22.8 Å². The number of halogens is 1. The Bertz CT molecular complexity index is 1180. The number of hydrogen-bond acceptors (Lipinski definition) is 6. The Morgan fingerprint density at radius 1 is 1.12 bits per heavy atom. The fraction of sp³-hybridized carbons (Fsp3) is 0.261. The van der Waals surface area contributed by atoms with Crippen molar-refractivity contribution >= 4 is 34.5 Å². The average molecular weight is 471 g/mol. The molecule has 9 heteroatoms. The highest BCUT2D eigenvalue weighted by atomic mass is 35.5. The van der Waals surface area contributed by atoms with E-state index in [0.717, 1.165) is 22.4 Å². The van der Waals surface area contributed by atoms with E-state index in [1.54, 1.807) is 26.4 Å². The van der Waals surface area contributed by atoms with E-state index in [1.165, 1.54) is 0 Å². The van der Waals surface area contributed by atoms with Crippen LogP contribution in [0.25, 0.3) is 17.0 Å². The van der Waals surface area contributed by atoms with E-state index >= 15 is 0 Å². The number of ether oxygens (including phenoxy) is 2. The lowest BCUT2D eigenvalue weighted by molar-refractivity contribution is 0.354. The first-order valence-electron chi connectivity index (χ1n) is 10.1. The summed E-state index contributed by atoms with van der Waals surface area (Å²) in [5.41, 5.74) is 3.54. The van der Waals surface area contributed by atoms with Crippen molar-refractivity contribution in [1.82, 2.24) is 20.4 Å². The summed E-state index contributed by atoms with van der Waals surface area (Å²) in [6.07, 6.45) is 0. The van der Waals surface area contributed by atoms with Crippen molar-refractivity contribution in [3.63, 3.8) is 0 Å². The van der Waals surface area contributed by atoms with Crippen molar-refractivity contribution in [3.8, 4) is 22.9 Å². The Balaban J connectivity index is 1.81. The molecule has 1 aliphatic rings. The van der Waals surface area contributed by atoms with Crippen LogP contribution in [0, 0.1) is 0 Å². The van der Waals surface area contributed by atoms with E-state index in [2.05, 4.69) is 15.5 Å². The lowest BCUT2D eigenvalue weighted by atomic mass is 9.94. The van der Waals surface area contributed by atoms with Crippen molar-refractivity contribution in [3.05, 3.63) is 64.6 Å². The molecule has 0 fully saturated rings. The second-order valence-electron chi connectivity index (χ2n) is 7.17. The zero-order valence-electron chi connectivity index (χ0n) is 18.2. The fourth-order valence-corrected chi connectivity index (χ4v) is 4.28. The summed E-state index contributed by atoms with van der Waals surface area (Å²) in [7, 11) is 3.22. The minimum absolute atomic E-state index is 0.302. The van der Waals surface area contributed by atoms with Gasteiger partial charge in [0.05, 0.1) is 25.8 Å². The van der Waals surface area contributed by atoms with Crippen molar-refractivity contribution < 1.29 is 14.0 Å². The van der Waals surface area contributed by atoms with Crippen LogP contribution in [0.2, 0.25) is 5.02 Å². The number of allylic oxidation sites excluding steroid dienone is 1. The van der Waals surface area contributed by atoms with Crippen LogP contribution in [0.3, 0.4) is 0 Å². The highest BCUT2D eigenvalue weighted by Crippen LogP contribution is 2.40. The molecule has 1 unspecified atom stereocenters. The summed E-state index contributed by atoms with van der Waals surface area (Å²) in [6.45, 7) is 4.75. The first-order valence-corrected chi connectivity index (χ1v) is 10.9. The van der Waals surface area contributed by atoms with Crippen LogP contribution < -0.4 is 14.8 Å². The predicted molar refractivity (Wildman–Crippen MR) is 128 cm³/mol. The van der Waals surface area contributed by atoms with Gasteiger partial charge in [-0.3, -0.25) is 0 Å². The number of methoxy groups -OCH3 is 2. The predicted octanol–water partition coefficient (Wildman–Crippen LogP) is 5.09. The van der Waals surface area contributed by atoms with E-state index in [0.29, 0.717) is 39.9 Å². The van der Waals surface area contributed by atoms with Crippen molar-refractivity contribution in [2.75, 3.05) is 20.8 Å². The topological polar surface area (TPSA) is 72.7 Å². The van der Waals surface area contributed by atoms with E-state index in [4.69, 9.17) is 37.8 Å². The molecule has 2 aromatic carbocycles. The van der Waals surface area contributed by atoms with Crippen LogP contribution in [-0.4, -0.2) is 40.9 Å². The molecule has 4 rings (SSSR count). The van der Waals surface area contributed by atoms with E-state index < -0.39 is 0 Å². The summed E-state index contributed by atoms with van der Waals surface area (Å²) in [5.74, 6) is 2.18. The molecule has 1 N–H and O–H groups in total. The van der Waals surface area contributed by atoms with E-state index in [9.17, 15) is 0 Å². The Labute approximate surface area is 197 Å². The van der Waals surface area contributed by atoms with Gasteiger partial charge in [-0.2, -0.15) is 4.98 Å². The lowest BCUT2D eigenvalue weighted by Gasteiger charge is -2.36. The third-order valence-corrected chi connectivity index (χ3v) is 6.00. The van der Waals surface area contributed by atoms with Crippen LogP contribution in [0.4, 0.5) is 0 Å². The zero-order valence-corrected chi connectivity index (χ0v) is 19.8. The molecule has 1 atom stereocenters. The van der Waals surface area contributed by atoms with Gasteiger partial charge >= 0.3 is 0 Å². The van der Waals surface area contributed by atoms with Gasteiger partial charge in [-0.25, -0.2) is 0 Å². The molecule has 7 nitrogen and oxygen atoms in total. The zero-order chi connectivity index (χ0) is 22.8. The second-order valence-corrected chi connectivity index (χ2v) is 7.99. The summed E-state index contributed by atoms with van der Waals surface area (Å²) < 4.78 is 16.6. The maximum absolute atomic E-state index is 6.01. The van der Waals surface area contributed by atoms with Crippen LogP contribution in [0.15, 0.2) is 52.7 Å². The average Bonchev–Trinajstić information content (AvgIpc) is 3.28. The molecule has 0 amide bonds. The third-order valence-electron chi connectivity index (χ3n) is 5.41. The Morgan fingerprint density at radius 3 is 2.50 bits per heavy atom. The molecule has 0 bridgehead atoms. The first kappa shape index (κ1) is 22.1. The molecule has 166 valence electrons. The molecular weight excluding hydrogens is 448 g/mol. The molecule has 1 aliphatic heterocycles. The summed E-state index contributed by atoms with van der Waals surface area (Å²) in [5, 5.41) is 8.89. The van der Waals surface area contributed by atoms with Crippen LogP contribution in [0.5, 0.6) is 11.5 Å². The number of thiocarbonyl (C=S) groups is 1. The Morgan fingerprint density at radius 2 is 1.84 bits per heavy atom. The van der Waals surface area contributed by atoms with Crippen molar-refractivity contribution in [2.45, 2.75) is 19.9 Å². The smallest absolute Gasteiger partial charge is 0.258 e. The normalized spacial score (nSPS) is 16.2. The van der Waals surface area contributed by atoms with Gasteiger partial charge in [0.2, 0.25) is 5.82 Å². The largest absolute Gasteiger partial charge is 0.493 e. The minimum atomic E-state index is -0.302. The standard InChI is InChI=1S/C23H23ClN4O3S/c1-5-28-13(2)19(22-26-21(27-31-22)14-6-9-16(24)10-7-14)20(25-23(28)32)15-8-11-17(29-3)18(12-15)30-4/h6-12,20H,5H2,1-4H3,(H,25,32). The van der Waals surface area contributed by atoms with Crippen molar-refractivity contribution in [1.29, 1.82) is 0 Å². The van der Waals surface area contributed by atoms with Crippen LogP contribution in [0.1, 0.15) is 31.3 Å². The van der Waals surface area contributed by atoms with Gasteiger partial charge in [-0.15, -0.1) is 0 Å². The first-order chi connectivity index (χ1) is 15.5. The Kier molecular flexibility index (Phi) is 6.34. The molecule has 1 aromatic heterocycles. The summed E-state index contributed by atoms with van der Waals surface area (Å²) in [6, 6.07) is 12.8. The number of nitrogens with zero attached hydrogens (tertiary/aromatic N) is 3. The monoisotopic (exact) mass is 470 g/mol. The fourth-order valence-electron chi connectivity index (χ4n) is 3.77. The van der Waals surface area contributed by atoms with Gasteiger partial charge < -0.3 is 24.2 Å². The van der Waals surface area contributed by atoms with Crippen LogP contribution >= 0.6 is 23.8 Å². The van der Waals surface area contributed by atoms with Gasteiger partial charge in [0, 0.05) is 22.8 Å². The lowest BCUT2D eigenvalue weighted by Crippen LogP contribution is -2.45. The number of nitrogens with one attached hydrogen (secondary N) is 1. The molecule has 0 radical (unpaired) electrons. The number of hydrogen-bond donors (Lipinski definition) is 1. The van der Waals surface area contributed by atoms with Gasteiger partial charge in [0.1, 0.15) is 0 Å². The highest BCUT2D eigenvalue weighted by molar-refractivity contribution is 7.80. The van der Waals surface area contributed by atoms with Crippen molar-refractivity contribution in [2.24, 2.45) is 0 Å². The van der Waals surface area contributed by atoms with Crippen LogP contribution in [-0.2, 0) is 0 Å². The number of benzene rings is 2. The second kappa shape index (κ2) is 9.18. The highest BCUT2D eigenvalue weighted by Gasteiger charge is 2.34. The molecular formula is C23H23ClN4O3S. The number of rotatable bonds is 6. The van der Waals surface area contributed by atoms with Gasteiger partial charge in [0.25, 0.3) is 5.89 Å². The van der Waals surface area contributed by atoms with Gasteiger partial charge in [-0.05, 0) is 68.0 Å². The molecule has 0 saturated carbocycles. The molecule has 0 aliphatic carbocycles. The Hall–Kier alpha value is -3.10. The molecule has 32 heavy (non-hydrogen) atoms. The molecule has 0 saturated heterocycles. The molecule has 2 heterocycles. The SMILES string of the molecule is CCN1C(=S)NC(c2ccc(OC)c(OC)c2)C(c2nc(-c3ccc(Cl)cc3)no2)=C1C. The number of aromatic nitrogens is 2. The van der Waals surface area contributed by atoms with E-state index in [1.807, 2.05) is 49.1 Å². The van der Waals surface area contributed by atoms with Gasteiger partial charge in [0.15, 0.2) is 16.6 Å². The quantitative estimate of drug-likeness (QED) is 0.499. The maximum Gasteiger partial charge on any atom is 0.258 e. The minimum Gasteiger partial charge on any atom is -0.493 e. The maximum atomic E-state index is 6.01.